The maximum Gasteiger partial charge on any atom is 0.0575 e. The highest BCUT2D eigenvalue weighted by atomic mass is 16.7. The van der Waals surface area contributed by atoms with Crippen LogP contribution in [0.1, 0.15) is 24.0 Å². The van der Waals surface area contributed by atoms with Crippen molar-refractivity contribution in [1.29, 1.82) is 0 Å². The molecule has 86 valence electrons. The first kappa shape index (κ1) is 10.3. The minimum absolute atomic E-state index is 0.390. The van der Waals surface area contributed by atoms with Gasteiger partial charge in [-0.3, -0.25) is 0 Å². The van der Waals surface area contributed by atoms with E-state index in [-0.39, 0.29) is 0 Å². The molecule has 0 unspecified atom stereocenters. The van der Waals surface area contributed by atoms with Crippen molar-refractivity contribution < 1.29 is 4.84 Å². The fraction of sp³-hybridized carbons (Fsp3) is 0.571. The number of hydrogen-bond donors (Lipinski definition) is 0. The molecule has 1 aliphatic carbocycles. The molecule has 0 bridgehead atoms. The quantitative estimate of drug-likeness (QED) is 0.771. The second-order valence-corrected chi connectivity index (χ2v) is 5.23. The van der Waals surface area contributed by atoms with Crippen LogP contribution in [0.15, 0.2) is 24.3 Å². The predicted molar refractivity (Wildman–Crippen MR) is 64.2 cm³/mol. The van der Waals surface area contributed by atoms with Crippen LogP contribution in [0, 0.1) is 12.8 Å². The van der Waals surface area contributed by atoms with Crippen LogP contribution < -0.4 is 0 Å². The second kappa shape index (κ2) is 3.57. The fourth-order valence-corrected chi connectivity index (χ4v) is 3.13. The molecule has 2 fully saturated rings. The Morgan fingerprint density at radius 2 is 1.94 bits per heavy atom. The molecule has 1 saturated carbocycles. The number of hydroxylamine groups is 2. The number of rotatable bonds is 3. The Balaban J connectivity index is 1.93. The van der Waals surface area contributed by atoms with Gasteiger partial charge in [0.05, 0.1) is 7.11 Å². The topological polar surface area (TPSA) is 12.5 Å². The summed E-state index contributed by atoms with van der Waals surface area (Å²) in [6.45, 7) is 4.37. The summed E-state index contributed by atoms with van der Waals surface area (Å²) in [4.78, 5) is 5.31. The molecule has 2 aliphatic rings. The van der Waals surface area contributed by atoms with E-state index < -0.39 is 0 Å². The lowest BCUT2D eigenvalue weighted by Gasteiger charge is -2.50. The standard InChI is InChI=1S/C14H19NO/c1-11-5-3-4-6-13(11)14(12-7-8-12)9-15(10-14)16-2/h3-6,12H,7-10H2,1-2H3. The zero-order valence-corrected chi connectivity index (χ0v) is 10.1. The van der Waals surface area contributed by atoms with Gasteiger partial charge < -0.3 is 4.84 Å². The van der Waals surface area contributed by atoms with Gasteiger partial charge in [-0.1, -0.05) is 24.3 Å². The van der Waals surface area contributed by atoms with Crippen molar-refractivity contribution in [2.24, 2.45) is 5.92 Å². The van der Waals surface area contributed by atoms with Gasteiger partial charge in [0.2, 0.25) is 0 Å². The van der Waals surface area contributed by atoms with E-state index in [0.717, 1.165) is 19.0 Å². The molecule has 2 heteroatoms. The molecule has 0 atom stereocenters. The summed E-state index contributed by atoms with van der Waals surface area (Å²) < 4.78 is 0. The lowest BCUT2D eigenvalue weighted by Crippen LogP contribution is -2.60. The van der Waals surface area contributed by atoms with Gasteiger partial charge in [0, 0.05) is 18.5 Å². The van der Waals surface area contributed by atoms with Crippen LogP contribution in [0.25, 0.3) is 0 Å². The Kier molecular flexibility index (Phi) is 2.30. The molecular weight excluding hydrogens is 198 g/mol. The summed E-state index contributed by atoms with van der Waals surface area (Å²) in [6, 6.07) is 8.84. The molecule has 0 amide bonds. The number of nitrogens with zero attached hydrogens (tertiary/aromatic N) is 1. The average Bonchev–Trinajstić information content (AvgIpc) is 3.04. The SMILES string of the molecule is CON1CC(c2ccccc2C)(C2CC2)C1. The van der Waals surface area contributed by atoms with Gasteiger partial charge >= 0.3 is 0 Å². The zero-order valence-electron chi connectivity index (χ0n) is 10.1. The van der Waals surface area contributed by atoms with Crippen molar-refractivity contribution >= 4 is 0 Å². The Morgan fingerprint density at radius 1 is 1.25 bits per heavy atom. The lowest BCUT2D eigenvalue weighted by molar-refractivity contribution is -0.213. The van der Waals surface area contributed by atoms with E-state index in [1.54, 1.807) is 12.7 Å². The van der Waals surface area contributed by atoms with Crippen LogP contribution in [0.3, 0.4) is 0 Å². The molecule has 1 aromatic rings. The molecule has 1 aromatic carbocycles. The van der Waals surface area contributed by atoms with Crippen LogP contribution >= 0.6 is 0 Å². The van der Waals surface area contributed by atoms with Crippen LogP contribution in [0.5, 0.6) is 0 Å². The van der Waals surface area contributed by atoms with E-state index in [1.165, 1.54) is 18.4 Å². The molecule has 0 aromatic heterocycles. The molecule has 0 radical (unpaired) electrons. The molecular formula is C14H19NO. The molecule has 3 rings (SSSR count). The van der Waals surface area contributed by atoms with E-state index in [0.29, 0.717) is 5.41 Å². The summed E-state index contributed by atoms with van der Waals surface area (Å²) in [5, 5.41) is 2.07. The first-order chi connectivity index (χ1) is 7.76. The Morgan fingerprint density at radius 3 is 2.50 bits per heavy atom. The van der Waals surface area contributed by atoms with Crippen molar-refractivity contribution in [1.82, 2.24) is 5.06 Å². The first-order valence-electron chi connectivity index (χ1n) is 6.11. The Labute approximate surface area is 97.2 Å². The van der Waals surface area contributed by atoms with Gasteiger partial charge in [0.1, 0.15) is 0 Å². The third-order valence-electron chi connectivity index (χ3n) is 4.22. The van der Waals surface area contributed by atoms with Crippen molar-refractivity contribution in [2.45, 2.75) is 25.2 Å². The molecule has 1 heterocycles. The lowest BCUT2D eigenvalue weighted by atomic mass is 9.69. The first-order valence-corrected chi connectivity index (χ1v) is 6.11. The van der Waals surface area contributed by atoms with Crippen LogP contribution in [0.2, 0.25) is 0 Å². The molecule has 0 N–H and O–H groups in total. The Hall–Kier alpha value is -0.860. The highest BCUT2D eigenvalue weighted by molar-refractivity contribution is 5.38. The van der Waals surface area contributed by atoms with E-state index in [9.17, 15) is 0 Å². The van der Waals surface area contributed by atoms with Gasteiger partial charge in [0.15, 0.2) is 0 Å². The van der Waals surface area contributed by atoms with E-state index in [1.807, 2.05) is 0 Å². The predicted octanol–water partition coefficient (Wildman–Crippen LogP) is 2.52. The molecule has 0 spiro atoms. The second-order valence-electron chi connectivity index (χ2n) is 5.23. The number of benzene rings is 1. The third-order valence-corrected chi connectivity index (χ3v) is 4.22. The maximum atomic E-state index is 5.31. The summed E-state index contributed by atoms with van der Waals surface area (Å²) in [6.07, 6.45) is 2.79. The van der Waals surface area contributed by atoms with E-state index in [2.05, 4.69) is 36.3 Å². The molecule has 16 heavy (non-hydrogen) atoms. The van der Waals surface area contributed by atoms with Gasteiger partial charge in [0.25, 0.3) is 0 Å². The van der Waals surface area contributed by atoms with Crippen LogP contribution in [-0.2, 0) is 10.3 Å². The van der Waals surface area contributed by atoms with E-state index in [4.69, 9.17) is 4.84 Å². The van der Waals surface area contributed by atoms with Crippen molar-refractivity contribution in [3.05, 3.63) is 35.4 Å². The fourth-order valence-electron chi connectivity index (χ4n) is 3.13. The monoisotopic (exact) mass is 217 g/mol. The van der Waals surface area contributed by atoms with Gasteiger partial charge in [-0.25, -0.2) is 0 Å². The average molecular weight is 217 g/mol. The van der Waals surface area contributed by atoms with Crippen molar-refractivity contribution in [3.63, 3.8) is 0 Å². The number of aryl methyl sites for hydroxylation is 1. The summed E-state index contributed by atoms with van der Waals surface area (Å²) >= 11 is 0. The smallest absolute Gasteiger partial charge is 0.0575 e. The molecule has 1 saturated heterocycles. The zero-order chi connectivity index (χ0) is 11.2. The van der Waals surface area contributed by atoms with Gasteiger partial charge in [-0.2, -0.15) is 5.06 Å². The maximum absolute atomic E-state index is 5.31. The van der Waals surface area contributed by atoms with E-state index >= 15 is 0 Å². The van der Waals surface area contributed by atoms with Gasteiger partial charge in [-0.15, -0.1) is 0 Å². The molecule has 2 nitrogen and oxygen atoms in total. The van der Waals surface area contributed by atoms with Gasteiger partial charge in [-0.05, 0) is 36.8 Å². The van der Waals surface area contributed by atoms with Crippen LogP contribution in [-0.4, -0.2) is 25.3 Å². The summed E-state index contributed by atoms with van der Waals surface area (Å²) in [5.41, 5.74) is 3.37. The highest BCUT2D eigenvalue weighted by Gasteiger charge is 2.54. The minimum atomic E-state index is 0.390. The summed E-state index contributed by atoms with van der Waals surface area (Å²) in [7, 11) is 1.77. The Bertz CT molecular complexity index is 391. The highest BCUT2D eigenvalue weighted by Crippen LogP contribution is 2.53. The van der Waals surface area contributed by atoms with Crippen molar-refractivity contribution in [3.8, 4) is 0 Å². The normalized spacial score (nSPS) is 24.1. The minimum Gasteiger partial charge on any atom is -0.302 e. The largest absolute Gasteiger partial charge is 0.302 e. The summed E-state index contributed by atoms with van der Waals surface area (Å²) in [5.74, 6) is 0.889. The molecule has 1 aliphatic heterocycles. The number of hydrogen-bond acceptors (Lipinski definition) is 2. The van der Waals surface area contributed by atoms with Crippen molar-refractivity contribution in [2.75, 3.05) is 20.2 Å². The third kappa shape index (κ3) is 1.40. The van der Waals surface area contributed by atoms with Crippen LogP contribution in [0.4, 0.5) is 0 Å².